The zero-order valence-corrected chi connectivity index (χ0v) is 22.8. The molecule has 7 rings (SSSR count). The van der Waals surface area contributed by atoms with Crippen LogP contribution in [-0.2, 0) is 13.5 Å². The summed E-state index contributed by atoms with van der Waals surface area (Å²) in [6.07, 6.45) is 5.90. The molecule has 5 heterocycles. The van der Waals surface area contributed by atoms with E-state index in [1.54, 1.807) is 32.6 Å². The Balaban J connectivity index is 1.50. The largest absolute Gasteiger partial charge is 0.477 e. The van der Waals surface area contributed by atoms with Crippen LogP contribution in [0.3, 0.4) is 0 Å². The SMILES string of the molecule is CNc1cc(F)c(F)c2c1Cc1ncc(-c3cnc4c(c3)c(=O)c(C(=O)O)cn4C)c(N3CC[C@H]4CN(C)C4C3)c1-2. The predicted molar refractivity (Wildman–Crippen MR) is 152 cm³/mol. The molecule has 2 atom stereocenters. The van der Waals surface area contributed by atoms with Gasteiger partial charge in [-0.05, 0) is 31.0 Å². The Morgan fingerprint density at radius 2 is 1.93 bits per heavy atom. The number of halogens is 2. The molecular weight excluding hydrogens is 530 g/mol. The van der Waals surface area contributed by atoms with Crippen molar-refractivity contribution in [1.29, 1.82) is 0 Å². The van der Waals surface area contributed by atoms with Crippen LogP contribution in [0.2, 0.25) is 0 Å². The number of hydrogen-bond acceptors (Lipinski definition) is 7. The topological polar surface area (TPSA) is 104 Å². The Morgan fingerprint density at radius 1 is 1.12 bits per heavy atom. The van der Waals surface area contributed by atoms with Crippen LogP contribution in [0, 0.1) is 17.6 Å². The number of fused-ring (bicyclic) bond motifs is 5. The van der Waals surface area contributed by atoms with Gasteiger partial charge in [0, 0.05) is 98.8 Å². The molecule has 0 saturated carbocycles. The highest BCUT2D eigenvalue weighted by Gasteiger charge is 2.42. The molecule has 1 aromatic carbocycles. The number of carboxylic acid groups (broad SMARTS) is 1. The highest BCUT2D eigenvalue weighted by molar-refractivity contribution is 5.98. The van der Waals surface area contributed by atoms with Gasteiger partial charge in [-0.15, -0.1) is 0 Å². The molecule has 0 amide bonds. The summed E-state index contributed by atoms with van der Waals surface area (Å²) in [4.78, 5) is 38.7. The number of piperidine rings is 1. The molecule has 3 aromatic heterocycles. The summed E-state index contributed by atoms with van der Waals surface area (Å²) in [5, 5.41) is 12.7. The standard InChI is InChI=1S/C30H28F2N6O3/c1-33-21-8-20(31)26(32)24-16(21)7-22-25(24)27(38-5-4-14-11-36(2)23(14)13-38)18(10-34-22)15-6-17-28(39)19(30(40)41)12-37(3)29(17)35-9-15/h6,8-10,12,14,23,33H,4-5,7,11,13H2,1-3H3,(H,40,41)/t14-,23?/m0/s1. The second-order valence-corrected chi connectivity index (χ2v) is 11.2. The van der Waals surface area contributed by atoms with Gasteiger partial charge in [-0.3, -0.25) is 9.78 Å². The van der Waals surface area contributed by atoms with E-state index in [0.29, 0.717) is 64.2 Å². The number of carboxylic acids is 1. The Morgan fingerprint density at radius 3 is 2.66 bits per heavy atom. The fraction of sp³-hybridized carbons (Fsp3) is 0.333. The summed E-state index contributed by atoms with van der Waals surface area (Å²) in [7, 11) is 5.41. The Kier molecular flexibility index (Phi) is 5.66. The van der Waals surface area contributed by atoms with Crippen molar-refractivity contribution < 1.29 is 18.7 Å². The fourth-order valence-electron chi connectivity index (χ4n) is 6.90. The summed E-state index contributed by atoms with van der Waals surface area (Å²) < 4.78 is 32.1. The molecule has 0 spiro atoms. The van der Waals surface area contributed by atoms with Gasteiger partial charge in [0.2, 0.25) is 5.43 Å². The van der Waals surface area contributed by atoms with E-state index in [4.69, 9.17) is 4.98 Å². The van der Waals surface area contributed by atoms with Crippen LogP contribution in [-0.4, -0.2) is 70.3 Å². The number of pyridine rings is 3. The van der Waals surface area contributed by atoms with Gasteiger partial charge in [0.25, 0.3) is 0 Å². The molecule has 210 valence electrons. The average molecular weight is 559 g/mol. The van der Waals surface area contributed by atoms with Crippen molar-refractivity contribution in [2.75, 3.05) is 43.9 Å². The molecule has 1 unspecified atom stereocenters. The van der Waals surface area contributed by atoms with Gasteiger partial charge in [-0.1, -0.05) is 0 Å². The Labute approximate surface area is 234 Å². The van der Waals surface area contributed by atoms with Crippen molar-refractivity contribution in [2.45, 2.75) is 18.9 Å². The minimum Gasteiger partial charge on any atom is -0.477 e. The zero-order chi connectivity index (χ0) is 28.7. The van der Waals surface area contributed by atoms with Gasteiger partial charge < -0.3 is 24.8 Å². The molecule has 4 aromatic rings. The number of likely N-dealkylation sites (N-methyl/N-ethyl adjacent to an activating group) is 1. The van der Waals surface area contributed by atoms with E-state index >= 15 is 4.39 Å². The first kappa shape index (κ1) is 25.6. The quantitative estimate of drug-likeness (QED) is 0.344. The van der Waals surface area contributed by atoms with Crippen molar-refractivity contribution in [2.24, 2.45) is 13.0 Å². The summed E-state index contributed by atoms with van der Waals surface area (Å²) in [6.45, 7) is 2.48. The number of rotatable bonds is 4. The smallest absolute Gasteiger partial charge is 0.341 e. The second kappa shape index (κ2) is 9.07. The predicted octanol–water partition coefficient (Wildman–Crippen LogP) is 3.73. The van der Waals surface area contributed by atoms with Crippen LogP contribution >= 0.6 is 0 Å². The number of aromatic nitrogens is 3. The van der Waals surface area contributed by atoms with Crippen LogP contribution < -0.4 is 15.6 Å². The first-order valence-corrected chi connectivity index (χ1v) is 13.6. The summed E-state index contributed by atoms with van der Waals surface area (Å²) >= 11 is 0. The molecule has 0 radical (unpaired) electrons. The maximum absolute atomic E-state index is 15.6. The van der Waals surface area contributed by atoms with Crippen molar-refractivity contribution in [3.8, 4) is 22.3 Å². The van der Waals surface area contributed by atoms with Crippen LogP contribution in [0.1, 0.15) is 28.0 Å². The van der Waals surface area contributed by atoms with Crippen LogP contribution in [0.15, 0.2) is 35.5 Å². The minimum absolute atomic E-state index is 0.156. The van der Waals surface area contributed by atoms with E-state index in [1.807, 2.05) is 0 Å². The summed E-state index contributed by atoms with van der Waals surface area (Å²) in [5.41, 5.74) is 3.83. The number of aromatic carboxylic acids is 1. The number of carbonyl (C=O) groups is 1. The van der Waals surface area contributed by atoms with E-state index in [2.05, 4.69) is 27.1 Å². The third kappa shape index (κ3) is 3.68. The highest BCUT2D eigenvalue weighted by atomic mass is 19.2. The first-order valence-electron chi connectivity index (χ1n) is 13.6. The number of hydrogen-bond donors (Lipinski definition) is 2. The van der Waals surface area contributed by atoms with Gasteiger partial charge in [-0.2, -0.15) is 0 Å². The van der Waals surface area contributed by atoms with E-state index < -0.39 is 23.0 Å². The molecule has 0 bridgehead atoms. The molecule has 2 aliphatic heterocycles. The lowest BCUT2D eigenvalue weighted by atomic mass is 9.82. The molecule has 9 nitrogen and oxygen atoms in total. The van der Waals surface area contributed by atoms with Gasteiger partial charge in [0.05, 0.1) is 16.8 Å². The Hall–Kier alpha value is -4.38. The summed E-state index contributed by atoms with van der Waals surface area (Å²) in [5.74, 6) is -2.58. The molecule has 2 fully saturated rings. The van der Waals surface area contributed by atoms with E-state index in [9.17, 15) is 19.1 Å². The molecule has 2 saturated heterocycles. The lowest BCUT2D eigenvalue weighted by molar-refractivity contribution is 0.0280. The molecule has 11 heteroatoms. The van der Waals surface area contributed by atoms with E-state index in [0.717, 1.165) is 25.2 Å². The third-order valence-corrected chi connectivity index (χ3v) is 9.00. The van der Waals surface area contributed by atoms with Crippen molar-refractivity contribution in [3.05, 3.63) is 69.4 Å². The van der Waals surface area contributed by atoms with Crippen molar-refractivity contribution in [3.63, 3.8) is 0 Å². The van der Waals surface area contributed by atoms with Crippen LogP contribution in [0.4, 0.5) is 20.2 Å². The van der Waals surface area contributed by atoms with E-state index in [-0.39, 0.29) is 16.5 Å². The van der Waals surface area contributed by atoms with Gasteiger partial charge in [0.1, 0.15) is 11.2 Å². The van der Waals surface area contributed by atoms with Crippen molar-refractivity contribution >= 4 is 28.4 Å². The maximum atomic E-state index is 15.6. The number of benzene rings is 1. The maximum Gasteiger partial charge on any atom is 0.341 e. The summed E-state index contributed by atoms with van der Waals surface area (Å²) in [6, 6.07) is 3.15. The highest BCUT2D eigenvalue weighted by Crippen LogP contribution is 2.51. The zero-order valence-electron chi connectivity index (χ0n) is 22.8. The van der Waals surface area contributed by atoms with Crippen LogP contribution in [0.5, 0.6) is 0 Å². The lowest BCUT2D eigenvalue weighted by Gasteiger charge is -2.53. The number of anilines is 2. The molecule has 1 aliphatic carbocycles. The monoisotopic (exact) mass is 558 g/mol. The minimum atomic E-state index is -1.32. The molecule has 41 heavy (non-hydrogen) atoms. The number of likely N-dealkylation sites (tertiary alicyclic amines) is 1. The average Bonchev–Trinajstić information content (AvgIpc) is 3.35. The van der Waals surface area contributed by atoms with Gasteiger partial charge in [0.15, 0.2) is 11.6 Å². The van der Waals surface area contributed by atoms with E-state index in [1.165, 1.54) is 16.8 Å². The van der Waals surface area contributed by atoms with Gasteiger partial charge >= 0.3 is 5.97 Å². The van der Waals surface area contributed by atoms with Crippen molar-refractivity contribution in [1.82, 2.24) is 19.4 Å². The number of aryl methyl sites for hydroxylation is 1. The first-order chi connectivity index (χ1) is 19.7. The van der Waals surface area contributed by atoms with Crippen LogP contribution in [0.25, 0.3) is 33.3 Å². The normalized spacial score (nSPS) is 19.5. The number of nitrogens with zero attached hydrogens (tertiary/aromatic N) is 5. The third-order valence-electron chi connectivity index (χ3n) is 9.00. The van der Waals surface area contributed by atoms with Gasteiger partial charge in [-0.25, -0.2) is 18.6 Å². The number of nitrogens with one attached hydrogen (secondary N) is 1. The Bertz CT molecular complexity index is 1860. The molecular formula is C30H28F2N6O3. The molecule has 2 N–H and O–H groups in total. The second-order valence-electron chi connectivity index (χ2n) is 11.2. The fourth-order valence-corrected chi connectivity index (χ4v) is 6.90. The molecule has 3 aliphatic rings. The lowest BCUT2D eigenvalue weighted by Crippen LogP contribution is -2.62.